The number of carboxylic acid groups (broad SMARTS) is 1. The Balaban J connectivity index is 1.71. The van der Waals surface area contributed by atoms with Gasteiger partial charge in [-0.3, -0.25) is 9.69 Å². The van der Waals surface area contributed by atoms with E-state index in [1.54, 1.807) is 14.2 Å². The van der Waals surface area contributed by atoms with Crippen LogP contribution in [0.5, 0.6) is 5.75 Å². The third-order valence-corrected chi connectivity index (χ3v) is 5.70. The minimum atomic E-state index is -0.691. The zero-order valence-corrected chi connectivity index (χ0v) is 14.5. The Hall–Kier alpha value is -1.59. The van der Waals surface area contributed by atoms with Gasteiger partial charge in [0.2, 0.25) is 0 Å². The van der Waals surface area contributed by atoms with E-state index in [9.17, 15) is 9.90 Å². The molecule has 1 saturated heterocycles. The van der Waals surface area contributed by atoms with Gasteiger partial charge in [0.15, 0.2) is 0 Å². The number of nitrogens with zero attached hydrogens (tertiary/aromatic N) is 1. The molecule has 1 aliphatic heterocycles. The fourth-order valence-corrected chi connectivity index (χ4v) is 4.22. The first kappa shape index (κ1) is 17.2. The molecule has 1 aliphatic carbocycles. The van der Waals surface area contributed by atoms with Crippen molar-refractivity contribution >= 4 is 5.97 Å². The van der Waals surface area contributed by atoms with Crippen molar-refractivity contribution in [3.63, 3.8) is 0 Å². The fraction of sp³-hybridized carbons (Fsp3) is 0.632. The molecule has 1 aromatic carbocycles. The quantitative estimate of drug-likeness (QED) is 0.898. The molecule has 0 amide bonds. The molecule has 1 heterocycles. The number of likely N-dealkylation sites (tertiary alicyclic amines) is 1. The Morgan fingerprint density at radius 3 is 2.29 bits per heavy atom. The third-order valence-electron chi connectivity index (χ3n) is 5.70. The zero-order chi connectivity index (χ0) is 17.1. The second-order valence-corrected chi connectivity index (χ2v) is 6.94. The molecule has 2 atom stereocenters. The number of hydrogen-bond donors (Lipinski definition) is 1. The number of carboxylic acids is 1. The van der Waals surface area contributed by atoms with E-state index in [-0.39, 0.29) is 11.8 Å². The topological polar surface area (TPSA) is 59.0 Å². The Bertz CT molecular complexity index is 551. The van der Waals surface area contributed by atoms with E-state index in [0.29, 0.717) is 18.7 Å². The van der Waals surface area contributed by atoms with Crippen molar-refractivity contribution < 1.29 is 19.4 Å². The lowest BCUT2D eigenvalue weighted by molar-refractivity contribution is -0.141. The van der Waals surface area contributed by atoms with Gasteiger partial charge in [-0.15, -0.1) is 0 Å². The summed E-state index contributed by atoms with van der Waals surface area (Å²) in [5.41, 5.74) is 1.09. The lowest BCUT2D eigenvalue weighted by Gasteiger charge is -2.34. The summed E-state index contributed by atoms with van der Waals surface area (Å²) in [5.74, 6) is -0.172. The van der Waals surface area contributed by atoms with Crippen LogP contribution in [0.2, 0.25) is 0 Å². The number of rotatable bonds is 5. The maximum Gasteiger partial charge on any atom is 0.308 e. The maximum absolute atomic E-state index is 11.8. The highest BCUT2D eigenvalue weighted by atomic mass is 16.5. The largest absolute Gasteiger partial charge is 0.497 e. The second-order valence-electron chi connectivity index (χ2n) is 6.94. The van der Waals surface area contributed by atoms with Gasteiger partial charge in [0.1, 0.15) is 5.75 Å². The van der Waals surface area contributed by atoms with Crippen LogP contribution in [0.3, 0.4) is 0 Å². The van der Waals surface area contributed by atoms with Gasteiger partial charge in [-0.1, -0.05) is 12.1 Å². The van der Waals surface area contributed by atoms with Crippen LogP contribution < -0.4 is 4.74 Å². The molecule has 2 aliphatic rings. The normalized spacial score (nSPS) is 31.1. The van der Waals surface area contributed by atoms with Crippen molar-refractivity contribution in [1.29, 1.82) is 0 Å². The van der Waals surface area contributed by atoms with Crippen LogP contribution in [0.1, 0.15) is 37.2 Å². The Morgan fingerprint density at radius 2 is 1.75 bits per heavy atom. The van der Waals surface area contributed by atoms with Gasteiger partial charge in [0.25, 0.3) is 0 Å². The monoisotopic (exact) mass is 333 g/mol. The number of hydrogen-bond acceptors (Lipinski definition) is 4. The van der Waals surface area contributed by atoms with Gasteiger partial charge in [-0.2, -0.15) is 0 Å². The molecule has 0 bridgehead atoms. The van der Waals surface area contributed by atoms with Crippen molar-refractivity contribution in [2.24, 2.45) is 5.92 Å². The standard InChI is InChI=1S/C19H27NO4/c1-23-15-7-3-13(4-8-15)17-11-20(12-18(17)19(21)22)14-5-9-16(24-2)10-6-14/h3-4,7-8,14,16-18H,5-6,9-12H2,1-2H3,(H,21,22)/t14-,16+,17-,18+/m0/s1. The van der Waals surface area contributed by atoms with Gasteiger partial charge >= 0.3 is 5.97 Å². The lowest BCUT2D eigenvalue weighted by atomic mass is 9.89. The summed E-state index contributed by atoms with van der Waals surface area (Å²) < 4.78 is 10.7. The first-order chi connectivity index (χ1) is 11.6. The minimum Gasteiger partial charge on any atom is -0.497 e. The van der Waals surface area contributed by atoms with Crippen molar-refractivity contribution in [2.45, 2.75) is 43.7 Å². The van der Waals surface area contributed by atoms with Crippen molar-refractivity contribution in [1.82, 2.24) is 4.90 Å². The SMILES string of the molecule is COc1ccc([C@@H]2CN([C@H]3CC[C@@H](OC)CC3)C[C@H]2C(=O)O)cc1. The van der Waals surface area contributed by atoms with E-state index < -0.39 is 5.97 Å². The summed E-state index contributed by atoms with van der Waals surface area (Å²) in [4.78, 5) is 14.2. The van der Waals surface area contributed by atoms with E-state index in [4.69, 9.17) is 9.47 Å². The number of benzene rings is 1. The number of aliphatic carboxylic acids is 1. The predicted octanol–water partition coefficient (Wildman–Crippen LogP) is 2.75. The summed E-state index contributed by atoms with van der Waals surface area (Å²) in [6.45, 7) is 1.47. The second kappa shape index (κ2) is 7.53. The van der Waals surface area contributed by atoms with Gasteiger partial charge in [-0.25, -0.2) is 0 Å². The molecule has 2 fully saturated rings. The molecule has 5 heteroatoms. The highest BCUT2D eigenvalue weighted by molar-refractivity contribution is 5.72. The van der Waals surface area contributed by atoms with Gasteiger partial charge in [0.05, 0.1) is 19.1 Å². The van der Waals surface area contributed by atoms with E-state index in [0.717, 1.165) is 43.5 Å². The molecule has 0 radical (unpaired) electrons. The van der Waals surface area contributed by atoms with Gasteiger partial charge in [-0.05, 0) is 43.4 Å². The Morgan fingerprint density at radius 1 is 1.08 bits per heavy atom. The maximum atomic E-state index is 11.8. The van der Waals surface area contributed by atoms with Crippen molar-refractivity contribution in [2.75, 3.05) is 27.3 Å². The molecule has 0 unspecified atom stereocenters. The molecule has 5 nitrogen and oxygen atoms in total. The Kier molecular flexibility index (Phi) is 5.41. The minimum absolute atomic E-state index is 0.0496. The molecular formula is C19H27NO4. The van der Waals surface area contributed by atoms with Gasteiger partial charge in [0, 0.05) is 32.2 Å². The predicted molar refractivity (Wildman–Crippen MR) is 91.5 cm³/mol. The van der Waals surface area contributed by atoms with E-state index >= 15 is 0 Å². The zero-order valence-electron chi connectivity index (χ0n) is 14.5. The van der Waals surface area contributed by atoms with Crippen LogP contribution in [0.4, 0.5) is 0 Å². The first-order valence-corrected chi connectivity index (χ1v) is 8.76. The van der Waals surface area contributed by atoms with Crippen molar-refractivity contribution in [3.8, 4) is 5.75 Å². The lowest BCUT2D eigenvalue weighted by Crippen LogP contribution is -2.38. The number of methoxy groups -OCH3 is 2. The van der Waals surface area contributed by atoms with E-state index in [2.05, 4.69) is 4.90 Å². The van der Waals surface area contributed by atoms with Crippen LogP contribution in [-0.4, -0.2) is 55.4 Å². The number of carbonyl (C=O) groups is 1. The molecule has 1 saturated carbocycles. The summed E-state index contributed by atoms with van der Waals surface area (Å²) in [6.07, 6.45) is 4.71. The van der Waals surface area contributed by atoms with Crippen LogP contribution in [0.15, 0.2) is 24.3 Å². The molecule has 1 N–H and O–H groups in total. The molecular weight excluding hydrogens is 306 g/mol. The fourth-order valence-electron chi connectivity index (χ4n) is 4.22. The first-order valence-electron chi connectivity index (χ1n) is 8.76. The molecule has 1 aromatic rings. The summed E-state index contributed by atoms with van der Waals surface area (Å²) >= 11 is 0. The van der Waals surface area contributed by atoms with E-state index in [1.807, 2.05) is 24.3 Å². The average molecular weight is 333 g/mol. The van der Waals surface area contributed by atoms with E-state index in [1.165, 1.54) is 0 Å². The van der Waals surface area contributed by atoms with Crippen LogP contribution >= 0.6 is 0 Å². The third kappa shape index (κ3) is 3.57. The Labute approximate surface area is 143 Å². The van der Waals surface area contributed by atoms with Crippen molar-refractivity contribution in [3.05, 3.63) is 29.8 Å². The highest BCUT2D eigenvalue weighted by Crippen LogP contribution is 2.37. The molecule has 132 valence electrons. The van der Waals surface area contributed by atoms with Crippen LogP contribution in [0, 0.1) is 5.92 Å². The average Bonchev–Trinajstić information content (AvgIpc) is 3.07. The van der Waals surface area contributed by atoms with Crippen LogP contribution in [-0.2, 0) is 9.53 Å². The smallest absolute Gasteiger partial charge is 0.308 e. The molecule has 3 rings (SSSR count). The molecule has 0 spiro atoms. The highest BCUT2D eigenvalue weighted by Gasteiger charge is 2.41. The summed E-state index contributed by atoms with van der Waals surface area (Å²) in [5, 5.41) is 9.67. The van der Waals surface area contributed by atoms with Crippen LogP contribution in [0.25, 0.3) is 0 Å². The number of ether oxygens (including phenoxy) is 2. The summed E-state index contributed by atoms with van der Waals surface area (Å²) in [7, 11) is 3.42. The molecule has 24 heavy (non-hydrogen) atoms. The van der Waals surface area contributed by atoms with Gasteiger partial charge < -0.3 is 14.6 Å². The molecule has 0 aromatic heterocycles. The summed E-state index contributed by atoms with van der Waals surface area (Å²) in [6, 6.07) is 8.33.